The van der Waals surface area contributed by atoms with E-state index in [1.54, 1.807) is 5.38 Å². The topological polar surface area (TPSA) is 247 Å². The van der Waals surface area contributed by atoms with E-state index in [2.05, 4.69) is 15.5 Å². The van der Waals surface area contributed by atoms with Crippen LogP contribution in [0, 0.1) is 10.8 Å². The molecule has 0 radical (unpaired) electrons. The summed E-state index contributed by atoms with van der Waals surface area (Å²) in [5, 5.41) is 33.3. The Morgan fingerprint density at radius 3 is 2.54 bits per heavy atom. The van der Waals surface area contributed by atoms with Crippen molar-refractivity contribution in [1.29, 1.82) is 10.8 Å². The number of hydrogen-bond donors (Lipinski definition) is 7. The van der Waals surface area contributed by atoms with Crippen LogP contribution in [-0.4, -0.2) is 72.1 Å². The highest BCUT2D eigenvalue weighted by molar-refractivity contribution is 8.13. The number of carboxylic acids is 1. The maximum absolute atomic E-state index is 13.4. The highest BCUT2D eigenvalue weighted by atomic mass is 32.2. The van der Waals surface area contributed by atoms with Crippen molar-refractivity contribution < 1.29 is 24.3 Å². The Kier molecular flexibility index (Phi) is 11.1. The van der Waals surface area contributed by atoms with Crippen LogP contribution in [0.4, 0.5) is 5.13 Å². The number of carboxylic acid groups (broad SMARTS) is 1. The number of thiazole rings is 1. The van der Waals surface area contributed by atoms with Gasteiger partial charge in [0.15, 0.2) is 21.2 Å². The predicted octanol–water partition coefficient (Wildman–Crippen LogP) is 3.13. The summed E-state index contributed by atoms with van der Waals surface area (Å²) in [4.78, 5) is 51.6. The van der Waals surface area contributed by atoms with Gasteiger partial charge in [-0.3, -0.25) is 25.3 Å². The molecule has 5 rings (SSSR count). The summed E-state index contributed by atoms with van der Waals surface area (Å²) < 4.78 is 0. The minimum absolute atomic E-state index is 0.00870. The number of nitrogens with two attached hydrogens (primary N) is 3. The molecule has 46 heavy (non-hydrogen) atoms. The number of benzene rings is 1. The molecule has 1 aromatic heterocycles. The number of carbonyl (C=O) groups excluding carboxylic acids is 2. The first-order valence-electron chi connectivity index (χ1n) is 13.9. The maximum atomic E-state index is 13.4. The highest BCUT2D eigenvalue weighted by Crippen LogP contribution is 2.46. The van der Waals surface area contributed by atoms with Crippen molar-refractivity contribution in [3.8, 4) is 0 Å². The average Bonchev–Trinajstić information content (AvgIpc) is 3.70. The number of aromatic nitrogens is 1. The Bertz CT molecular complexity index is 1620. The molecule has 10 N–H and O–H groups in total. The lowest BCUT2D eigenvalue weighted by Crippen LogP contribution is -2.71. The number of aliphatic carboxylic acids is 1. The minimum Gasteiger partial charge on any atom is -0.477 e. The fraction of sp³-hybridized carbons (Fsp3) is 0.370. The molecule has 1 saturated heterocycles. The molecule has 244 valence electrons. The zero-order valence-corrected chi connectivity index (χ0v) is 28.3. The Balaban J connectivity index is 1.34. The Hall–Kier alpha value is -3.39. The molecule has 0 bridgehead atoms. The first-order valence-corrected chi connectivity index (χ1v) is 18.6. The fourth-order valence-corrected chi connectivity index (χ4v) is 9.26. The number of rotatable bonds is 12. The van der Waals surface area contributed by atoms with Crippen LogP contribution in [0.15, 0.2) is 44.2 Å². The van der Waals surface area contributed by atoms with Gasteiger partial charge >= 0.3 is 5.97 Å². The number of oxime groups is 1. The van der Waals surface area contributed by atoms with Gasteiger partial charge in [0.1, 0.15) is 28.9 Å². The van der Waals surface area contributed by atoms with Gasteiger partial charge in [-0.25, -0.2) is 9.78 Å². The van der Waals surface area contributed by atoms with Crippen molar-refractivity contribution in [2.45, 2.75) is 59.6 Å². The summed E-state index contributed by atoms with van der Waals surface area (Å²) in [7, 11) is 0. The number of β-lactam (4-membered cyclic amide) rings is 1. The van der Waals surface area contributed by atoms with Crippen LogP contribution in [0.5, 0.6) is 0 Å². The van der Waals surface area contributed by atoms with E-state index in [9.17, 15) is 19.5 Å². The average molecular weight is 722 g/mol. The molecule has 2 aromatic rings. The Labute approximate surface area is 285 Å². The van der Waals surface area contributed by atoms with Gasteiger partial charge in [0.05, 0.1) is 0 Å². The second-order valence-corrected chi connectivity index (χ2v) is 15.5. The number of thioether (sulfide) groups is 4. The van der Waals surface area contributed by atoms with Crippen molar-refractivity contribution in [2.75, 3.05) is 11.5 Å². The second kappa shape index (κ2) is 15.0. The molecule has 3 aliphatic rings. The highest BCUT2D eigenvalue weighted by Gasteiger charge is 2.54. The van der Waals surface area contributed by atoms with Crippen LogP contribution in [0.2, 0.25) is 0 Å². The van der Waals surface area contributed by atoms with E-state index in [0.29, 0.717) is 16.4 Å². The smallest absolute Gasteiger partial charge is 0.353 e. The van der Waals surface area contributed by atoms with Crippen molar-refractivity contribution >= 4 is 97.3 Å². The number of anilines is 1. The molecular formula is C27H31N9O5S5. The monoisotopic (exact) mass is 721 g/mol. The molecule has 0 spiro atoms. The zero-order valence-electron chi connectivity index (χ0n) is 24.2. The molecule has 2 amide bonds. The molecule has 19 heteroatoms. The SMILES string of the molecule is N=C(N)SCc1ccc(SC2=C(C(=O)O)N3C(=O)[C@@H](NC(=O)/C(=N\OC4CCCC4)c4csc(N)n4)[C@H]3SC2)c(CSC(=N)N)c1. The first kappa shape index (κ1) is 34.0. The van der Waals surface area contributed by atoms with Crippen molar-refractivity contribution in [1.82, 2.24) is 15.2 Å². The number of amidine groups is 2. The van der Waals surface area contributed by atoms with Gasteiger partial charge in [-0.1, -0.05) is 52.6 Å². The number of nitrogens with one attached hydrogen (secondary N) is 3. The van der Waals surface area contributed by atoms with E-state index in [-0.39, 0.29) is 44.4 Å². The third-order valence-electron chi connectivity index (χ3n) is 7.13. The quantitative estimate of drug-likeness (QED) is 0.0721. The lowest BCUT2D eigenvalue weighted by molar-refractivity contribution is -0.150. The van der Waals surface area contributed by atoms with E-state index >= 15 is 0 Å². The molecule has 2 atom stereocenters. The van der Waals surface area contributed by atoms with Gasteiger partial charge in [0, 0.05) is 32.4 Å². The molecule has 3 heterocycles. The predicted molar refractivity (Wildman–Crippen MR) is 185 cm³/mol. The van der Waals surface area contributed by atoms with E-state index in [1.165, 1.54) is 40.2 Å². The molecule has 1 aromatic carbocycles. The zero-order chi connectivity index (χ0) is 33.0. The van der Waals surface area contributed by atoms with E-state index in [1.807, 2.05) is 18.2 Å². The number of amides is 2. The summed E-state index contributed by atoms with van der Waals surface area (Å²) in [5.74, 6) is -1.36. The summed E-state index contributed by atoms with van der Waals surface area (Å²) in [6.45, 7) is 0. The molecule has 14 nitrogen and oxygen atoms in total. The Morgan fingerprint density at radius 2 is 1.89 bits per heavy atom. The summed E-state index contributed by atoms with van der Waals surface area (Å²) >= 11 is 6.04. The molecule has 1 saturated carbocycles. The molecule has 2 fully saturated rings. The Morgan fingerprint density at radius 1 is 1.17 bits per heavy atom. The van der Waals surface area contributed by atoms with Crippen molar-refractivity contribution in [3.63, 3.8) is 0 Å². The number of nitrogen functional groups attached to an aromatic ring is 1. The summed E-state index contributed by atoms with van der Waals surface area (Å²) in [6, 6.07) is 4.65. The van der Waals surface area contributed by atoms with Gasteiger partial charge in [-0.2, -0.15) is 0 Å². The van der Waals surface area contributed by atoms with Gasteiger partial charge in [0.2, 0.25) is 0 Å². The van der Waals surface area contributed by atoms with Crippen LogP contribution in [0.25, 0.3) is 0 Å². The third-order valence-corrected chi connectivity index (χ3v) is 12.0. The standard InChI is InChI=1S/C27H31N9O5S5/c28-25(29)43-8-12-5-6-16(13(7-12)9-44-26(30)31)46-17-11-42-23-19(22(38)36(23)20(17)24(39)40)34-21(37)18(15-10-45-27(32)33-15)35-41-14-3-1-2-4-14/h5-7,10,14,19,23H,1-4,8-9,11H2,(H3,28,29)(H3,30,31)(H2,32,33)(H,34,37)(H,39,40)/b35-18-/t19-,23-/m1/s1. The number of hydrogen-bond acceptors (Lipinski definition) is 14. The molecular weight excluding hydrogens is 691 g/mol. The van der Waals surface area contributed by atoms with Crippen LogP contribution in [-0.2, 0) is 30.7 Å². The lowest BCUT2D eigenvalue weighted by Gasteiger charge is -2.49. The molecule has 1 aliphatic carbocycles. The molecule has 0 unspecified atom stereocenters. The summed E-state index contributed by atoms with van der Waals surface area (Å²) in [6.07, 6.45) is 3.58. The van der Waals surface area contributed by atoms with E-state index in [0.717, 1.165) is 64.8 Å². The van der Waals surface area contributed by atoms with Crippen LogP contribution in [0.1, 0.15) is 42.5 Å². The van der Waals surface area contributed by atoms with Crippen molar-refractivity contribution in [3.05, 3.63) is 51.0 Å². The van der Waals surface area contributed by atoms with Gasteiger partial charge in [0.25, 0.3) is 11.8 Å². The van der Waals surface area contributed by atoms with Crippen LogP contribution < -0.4 is 22.5 Å². The van der Waals surface area contributed by atoms with Crippen LogP contribution >= 0.6 is 58.4 Å². The first-order chi connectivity index (χ1) is 22.0. The number of fused-ring (bicyclic) bond motifs is 1. The minimum atomic E-state index is -1.26. The number of carbonyl (C=O) groups is 3. The van der Waals surface area contributed by atoms with Gasteiger partial charge in [-0.05, 0) is 42.9 Å². The molecule has 2 aliphatic heterocycles. The number of nitrogens with zero attached hydrogens (tertiary/aromatic N) is 3. The third kappa shape index (κ3) is 7.93. The van der Waals surface area contributed by atoms with Gasteiger partial charge in [-0.15, -0.1) is 23.1 Å². The maximum Gasteiger partial charge on any atom is 0.353 e. The fourth-order valence-electron chi connectivity index (χ4n) is 4.99. The normalized spacial score (nSPS) is 19.9. The summed E-state index contributed by atoms with van der Waals surface area (Å²) in [5.41, 5.74) is 18.6. The van der Waals surface area contributed by atoms with E-state index in [4.69, 9.17) is 32.9 Å². The van der Waals surface area contributed by atoms with Gasteiger partial charge < -0.3 is 32.5 Å². The lowest BCUT2D eigenvalue weighted by atomic mass is 10.0. The van der Waals surface area contributed by atoms with Crippen LogP contribution in [0.3, 0.4) is 0 Å². The largest absolute Gasteiger partial charge is 0.477 e. The van der Waals surface area contributed by atoms with E-state index < -0.39 is 29.2 Å². The van der Waals surface area contributed by atoms with Crippen molar-refractivity contribution in [2.24, 2.45) is 16.6 Å². The second-order valence-electron chi connectivity index (χ2n) is 10.3.